The maximum Gasteiger partial charge on any atom is 0.268 e. The van der Waals surface area contributed by atoms with Gasteiger partial charge in [-0.05, 0) is 31.5 Å². The number of carbonyl (C=O) groups is 1. The normalized spacial score (nSPS) is 16.5. The maximum absolute atomic E-state index is 12.9. The van der Waals surface area contributed by atoms with E-state index in [0.29, 0.717) is 24.4 Å². The van der Waals surface area contributed by atoms with Gasteiger partial charge in [0.05, 0.1) is 5.69 Å². The van der Waals surface area contributed by atoms with Crippen molar-refractivity contribution in [3.63, 3.8) is 0 Å². The standard InChI is InChI=1S/C20H21NO3/c1-13(2)12-21-17-9-8-16(22)11-18(17)24-19(20(21)23)10-15-6-4-14(3)5-7-15/h4-9,11,19,22H,1,10,12H2,2-3H3. The third-order valence-corrected chi connectivity index (χ3v) is 4.01. The lowest BCUT2D eigenvalue weighted by molar-refractivity contribution is -0.126. The van der Waals surface area contributed by atoms with Gasteiger partial charge in [-0.25, -0.2) is 0 Å². The van der Waals surface area contributed by atoms with Crippen molar-refractivity contribution in [3.8, 4) is 11.5 Å². The van der Waals surface area contributed by atoms with Crippen LogP contribution in [0.5, 0.6) is 11.5 Å². The van der Waals surface area contributed by atoms with Gasteiger partial charge in [0.2, 0.25) is 0 Å². The Hall–Kier alpha value is -2.75. The van der Waals surface area contributed by atoms with Gasteiger partial charge in [0.1, 0.15) is 11.5 Å². The monoisotopic (exact) mass is 323 g/mol. The highest BCUT2D eigenvalue weighted by molar-refractivity contribution is 6.00. The number of hydrogen-bond acceptors (Lipinski definition) is 3. The van der Waals surface area contributed by atoms with Crippen LogP contribution in [0.1, 0.15) is 18.1 Å². The first kappa shape index (κ1) is 16.1. The fourth-order valence-electron chi connectivity index (χ4n) is 2.82. The molecule has 0 saturated carbocycles. The highest BCUT2D eigenvalue weighted by atomic mass is 16.5. The lowest BCUT2D eigenvalue weighted by Crippen LogP contribution is -2.47. The second-order valence-corrected chi connectivity index (χ2v) is 6.33. The van der Waals surface area contributed by atoms with Crippen LogP contribution in [0.2, 0.25) is 0 Å². The minimum absolute atomic E-state index is 0.0863. The Labute approximate surface area is 142 Å². The maximum atomic E-state index is 12.9. The van der Waals surface area contributed by atoms with Gasteiger partial charge in [-0.15, -0.1) is 0 Å². The lowest BCUT2D eigenvalue weighted by Gasteiger charge is -2.34. The van der Waals surface area contributed by atoms with Crippen LogP contribution in [0.4, 0.5) is 5.69 Å². The predicted molar refractivity (Wildman–Crippen MR) is 94.6 cm³/mol. The number of benzene rings is 2. The zero-order chi connectivity index (χ0) is 17.3. The van der Waals surface area contributed by atoms with Gasteiger partial charge in [0.15, 0.2) is 6.10 Å². The van der Waals surface area contributed by atoms with Gasteiger partial charge >= 0.3 is 0 Å². The van der Waals surface area contributed by atoms with E-state index in [1.165, 1.54) is 5.56 Å². The molecule has 1 aliphatic rings. The molecule has 0 aromatic heterocycles. The molecule has 3 rings (SSSR count). The van der Waals surface area contributed by atoms with Crippen LogP contribution in [0.25, 0.3) is 0 Å². The van der Waals surface area contributed by atoms with E-state index in [1.54, 1.807) is 23.1 Å². The first-order chi connectivity index (χ1) is 11.4. The Morgan fingerprint density at radius 2 is 1.96 bits per heavy atom. The molecule has 4 nitrogen and oxygen atoms in total. The van der Waals surface area contributed by atoms with E-state index in [-0.39, 0.29) is 11.7 Å². The number of aryl methyl sites for hydroxylation is 1. The van der Waals surface area contributed by atoms with Crippen LogP contribution in [0, 0.1) is 6.92 Å². The van der Waals surface area contributed by atoms with Crippen molar-refractivity contribution in [2.45, 2.75) is 26.4 Å². The summed E-state index contributed by atoms with van der Waals surface area (Å²) in [6, 6.07) is 12.9. The predicted octanol–water partition coefficient (Wildman–Crippen LogP) is 3.61. The third-order valence-electron chi connectivity index (χ3n) is 4.01. The Balaban J connectivity index is 1.92. The van der Waals surface area contributed by atoms with Crippen LogP contribution >= 0.6 is 0 Å². The fraction of sp³-hybridized carbons (Fsp3) is 0.250. The summed E-state index contributed by atoms with van der Waals surface area (Å²) in [5, 5.41) is 9.73. The Bertz CT molecular complexity index is 780. The number of nitrogens with zero attached hydrogens (tertiary/aromatic N) is 1. The minimum atomic E-state index is -0.610. The highest BCUT2D eigenvalue weighted by Gasteiger charge is 2.34. The molecule has 0 bridgehead atoms. The average molecular weight is 323 g/mol. The third kappa shape index (κ3) is 3.27. The first-order valence-corrected chi connectivity index (χ1v) is 7.95. The van der Waals surface area contributed by atoms with Crippen molar-refractivity contribution in [1.29, 1.82) is 0 Å². The van der Waals surface area contributed by atoms with E-state index in [2.05, 4.69) is 6.58 Å². The van der Waals surface area contributed by atoms with Gasteiger partial charge in [0.25, 0.3) is 5.91 Å². The number of amides is 1. The largest absolute Gasteiger partial charge is 0.508 e. The number of phenols is 1. The summed E-state index contributed by atoms with van der Waals surface area (Å²) in [6.07, 6.45) is -0.123. The number of aromatic hydroxyl groups is 1. The quantitative estimate of drug-likeness (QED) is 0.875. The molecule has 1 N–H and O–H groups in total. The number of carbonyl (C=O) groups excluding carboxylic acids is 1. The molecule has 0 aliphatic carbocycles. The summed E-state index contributed by atoms with van der Waals surface area (Å²) in [5.74, 6) is 0.553. The van der Waals surface area contributed by atoms with E-state index in [0.717, 1.165) is 11.1 Å². The van der Waals surface area contributed by atoms with Crippen molar-refractivity contribution < 1.29 is 14.6 Å². The van der Waals surface area contributed by atoms with Crippen LogP contribution < -0.4 is 9.64 Å². The molecule has 1 atom stereocenters. The molecule has 0 saturated heterocycles. The number of hydrogen-bond donors (Lipinski definition) is 1. The first-order valence-electron chi connectivity index (χ1n) is 7.95. The summed E-state index contributed by atoms with van der Waals surface area (Å²) in [6.45, 7) is 8.26. The zero-order valence-electron chi connectivity index (χ0n) is 14.0. The van der Waals surface area contributed by atoms with Gasteiger partial charge in [-0.2, -0.15) is 0 Å². The Morgan fingerprint density at radius 1 is 1.25 bits per heavy atom. The second kappa shape index (κ2) is 6.40. The van der Waals surface area contributed by atoms with Crippen molar-refractivity contribution in [1.82, 2.24) is 0 Å². The summed E-state index contributed by atoms with van der Waals surface area (Å²) in [4.78, 5) is 14.6. The summed E-state index contributed by atoms with van der Waals surface area (Å²) < 4.78 is 5.89. The van der Waals surface area contributed by atoms with Crippen LogP contribution in [-0.2, 0) is 11.2 Å². The topological polar surface area (TPSA) is 49.8 Å². The smallest absolute Gasteiger partial charge is 0.268 e. The number of anilines is 1. The van der Waals surface area contributed by atoms with E-state index >= 15 is 0 Å². The number of phenolic OH excluding ortho intramolecular Hbond substituents is 1. The van der Waals surface area contributed by atoms with Crippen LogP contribution in [0.15, 0.2) is 54.6 Å². The molecular weight excluding hydrogens is 302 g/mol. The molecule has 1 aliphatic heterocycles. The number of rotatable bonds is 4. The molecule has 24 heavy (non-hydrogen) atoms. The fourth-order valence-corrected chi connectivity index (χ4v) is 2.82. The Morgan fingerprint density at radius 3 is 2.62 bits per heavy atom. The van der Waals surface area contributed by atoms with Crippen LogP contribution in [-0.4, -0.2) is 23.7 Å². The van der Waals surface area contributed by atoms with Crippen molar-refractivity contribution in [2.75, 3.05) is 11.4 Å². The zero-order valence-corrected chi connectivity index (χ0v) is 14.0. The van der Waals surface area contributed by atoms with E-state index in [1.807, 2.05) is 38.1 Å². The van der Waals surface area contributed by atoms with Crippen molar-refractivity contribution in [2.24, 2.45) is 0 Å². The van der Waals surface area contributed by atoms with Gasteiger partial charge in [0, 0.05) is 19.0 Å². The molecule has 2 aromatic rings. The van der Waals surface area contributed by atoms with Crippen molar-refractivity contribution >= 4 is 11.6 Å². The number of ether oxygens (including phenoxy) is 1. The molecule has 4 heteroatoms. The highest BCUT2D eigenvalue weighted by Crippen LogP contribution is 2.37. The van der Waals surface area contributed by atoms with Gasteiger partial charge in [-0.1, -0.05) is 42.0 Å². The molecule has 1 unspecified atom stereocenters. The molecule has 124 valence electrons. The molecule has 0 fully saturated rings. The van der Waals surface area contributed by atoms with Crippen molar-refractivity contribution in [3.05, 3.63) is 65.7 Å². The van der Waals surface area contributed by atoms with Gasteiger partial charge < -0.3 is 14.7 Å². The minimum Gasteiger partial charge on any atom is -0.508 e. The Kier molecular flexibility index (Phi) is 4.30. The summed E-state index contributed by atoms with van der Waals surface area (Å²) in [5.41, 5.74) is 3.77. The molecular formula is C20H21NO3. The molecule has 0 radical (unpaired) electrons. The summed E-state index contributed by atoms with van der Waals surface area (Å²) in [7, 11) is 0. The average Bonchev–Trinajstić information content (AvgIpc) is 2.53. The molecule has 2 aromatic carbocycles. The van der Waals surface area contributed by atoms with E-state index < -0.39 is 6.10 Å². The lowest BCUT2D eigenvalue weighted by atomic mass is 10.0. The second-order valence-electron chi connectivity index (χ2n) is 6.33. The molecule has 1 amide bonds. The molecule has 1 heterocycles. The van der Waals surface area contributed by atoms with E-state index in [4.69, 9.17) is 4.74 Å². The van der Waals surface area contributed by atoms with Gasteiger partial charge in [-0.3, -0.25) is 4.79 Å². The van der Waals surface area contributed by atoms with Crippen LogP contribution in [0.3, 0.4) is 0 Å². The summed E-state index contributed by atoms with van der Waals surface area (Å²) >= 11 is 0. The molecule has 0 spiro atoms. The van der Waals surface area contributed by atoms with E-state index in [9.17, 15) is 9.90 Å². The SMILES string of the molecule is C=C(C)CN1C(=O)C(Cc2ccc(C)cc2)Oc2cc(O)ccc21. The number of fused-ring (bicyclic) bond motifs is 1.